The Hall–Kier alpha value is -1.14. The molecule has 2 fully saturated rings. The third-order valence-electron chi connectivity index (χ3n) is 5.74. The summed E-state index contributed by atoms with van der Waals surface area (Å²) in [5.74, 6) is 0.736. The molecule has 24 heavy (non-hydrogen) atoms. The maximum absolute atomic E-state index is 12.5. The highest BCUT2D eigenvalue weighted by atomic mass is 16.2. The highest BCUT2D eigenvalue weighted by molar-refractivity contribution is 5.79. The zero-order chi connectivity index (χ0) is 17.7. The van der Waals surface area contributed by atoms with Crippen molar-refractivity contribution in [2.75, 3.05) is 45.8 Å². The van der Waals surface area contributed by atoms with Crippen LogP contribution in [0.3, 0.4) is 0 Å². The molecule has 6 nitrogen and oxygen atoms in total. The SMILES string of the molecule is CCN1CCN(C(=O)CC2CCN(C(=O)C(C)C(C)N)CC2)CC1. The molecule has 0 aliphatic carbocycles. The normalized spacial score (nSPS) is 23.2. The smallest absolute Gasteiger partial charge is 0.226 e. The molecule has 6 heteroatoms. The van der Waals surface area contributed by atoms with Gasteiger partial charge in [0, 0.05) is 51.7 Å². The molecule has 2 amide bonds. The second-order valence-corrected chi connectivity index (χ2v) is 7.44. The van der Waals surface area contributed by atoms with Crippen LogP contribution in [0.15, 0.2) is 0 Å². The lowest BCUT2D eigenvalue weighted by molar-refractivity contribution is -0.137. The summed E-state index contributed by atoms with van der Waals surface area (Å²) in [5.41, 5.74) is 5.84. The number of amides is 2. The van der Waals surface area contributed by atoms with Crippen LogP contribution in [0, 0.1) is 11.8 Å². The molecule has 138 valence electrons. The van der Waals surface area contributed by atoms with Crippen LogP contribution in [0.25, 0.3) is 0 Å². The molecule has 2 unspecified atom stereocenters. The van der Waals surface area contributed by atoms with Crippen LogP contribution in [0.4, 0.5) is 0 Å². The molecular weight excluding hydrogens is 304 g/mol. The molecule has 2 heterocycles. The quantitative estimate of drug-likeness (QED) is 0.804. The minimum absolute atomic E-state index is 0.112. The van der Waals surface area contributed by atoms with E-state index in [1.54, 1.807) is 0 Å². The van der Waals surface area contributed by atoms with Crippen LogP contribution in [0.1, 0.15) is 40.0 Å². The molecule has 0 saturated carbocycles. The maximum atomic E-state index is 12.5. The lowest BCUT2D eigenvalue weighted by Crippen LogP contribution is -2.49. The lowest BCUT2D eigenvalue weighted by Gasteiger charge is -2.37. The topological polar surface area (TPSA) is 69.9 Å². The number of carbonyl (C=O) groups is 2. The summed E-state index contributed by atoms with van der Waals surface area (Å²) in [6, 6.07) is -0.112. The number of rotatable bonds is 5. The molecule has 2 aliphatic rings. The van der Waals surface area contributed by atoms with Gasteiger partial charge in [-0.3, -0.25) is 9.59 Å². The Morgan fingerprint density at radius 1 is 1.00 bits per heavy atom. The number of likely N-dealkylation sites (tertiary alicyclic amines) is 1. The summed E-state index contributed by atoms with van der Waals surface area (Å²) < 4.78 is 0. The Morgan fingerprint density at radius 2 is 1.58 bits per heavy atom. The summed E-state index contributed by atoms with van der Waals surface area (Å²) in [6.07, 6.45) is 2.49. The van der Waals surface area contributed by atoms with E-state index < -0.39 is 0 Å². The number of nitrogens with two attached hydrogens (primary N) is 1. The van der Waals surface area contributed by atoms with Gasteiger partial charge in [0.15, 0.2) is 0 Å². The third kappa shape index (κ3) is 4.93. The molecule has 0 bridgehead atoms. The fourth-order valence-corrected chi connectivity index (χ4v) is 3.56. The van der Waals surface area contributed by atoms with Crippen LogP contribution in [0.5, 0.6) is 0 Å². The second-order valence-electron chi connectivity index (χ2n) is 7.44. The predicted molar refractivity (Wildman–Crippen MR) is 95.4 cm³/mol. The molecule has 2 saturated heterocycles. The van der Waals surface area contributed by atoms with E-state index in [-0.39, 0.29) is 17.9 Å². The minimum atomic E-state index is -0.127. The van der Waals surface area contributed by atoms with Crippen LogP contribution in [-0.4, -0.2) is 78.4 Å². The number of hydrogen-bond donors (Lipinski definition) is 1. The average Bonchev–Trinajstić information content (AvgIpc) is 2.61. The molecule has 0 spiro atoms. The number of carbonyl (C=O) groups excluding carboxylic acids is 2. The number of likely N-dealkylation sites (N-methyl/N-ethyl adjacent to an activating group) is 1. The third-order valence-corrected chi connectivity index (χ3v) is 5.74. The van der Waals surface area contributed by atoms with Crippen molar-refractivity contribution < 1.29 is 9.59 Å². The first kappa shape index (κ1) is 19.2. The Bertz CT molecular complexity index is 425. The monoisotopic (exact) mass is 338 g/mol. The Kier molecular flexibility index (Phi) is 7.04. The Balaban J connectivity index is 1.73. The Morgan fingerprint density at radius 3 is 2.08 bits per heavy atom. The number of piperazine rings is 1. The van der Waals surface area contributed by atoms with Crippen molar-refractivity contribution in [3.63, 3.8) is 0 Å². The largest absolute Gasteiger partial charge is 0.342 e. The summed E-state index contributed by atoms with van der Waals surface area (Å²) >= 11 is 0. The fourth-order valence-electron chi connectivity index (χ4n) is 3.56. The van der Waals surface area contributed by atoms with Gasteiger partial charge in [0.25, 0.3) is 0 Å². The molecule has 0 aromatic heterocycles. The van der Waals surface area contributed by atoms with Gasteiger partial charge in [0.1, 0.15) is 0 Å². The molecule has 0 aromatic carbocycles. The number of nitrogens with zero attached hydrogens (tertiary/aromatic N) is 3. The first-order valence-electron chi connectivity index (χ1n) is 9.46. The fraction of sp³-hybridized carbons (Fsp3) is 0.889. The van der Waals surface area contributed by atoms with Crippen molar-refractivity contribution in [1.82, 2.24) is 14.7 Å². The molecule has 2 atom stereocenters. The predicted octanol–water partition coefficient (Wildman–Crippen LogP) is 0.763. The highest BCUT2D eigenvalue weighted by Gasteiger charge is 2.29. The van der Waals surface area contributed by atoms with Crippen molar-refractivity contribution in [2.45, 2.75) is 46.1 Å². The summed E-state index contributed by atoms with van der Waals surface area (Å²) in [6.45, 7) is 12.2. The van der Waals surface area contributed by atoms with Crippen molar-refractivity contribution in [2.24, 2.45) is 17.6 Å². The van der Waals surface area contributed by atoms with E-state index in [0.717, 1.165) is 58.7 Å². The average molecular weight is 338 g/mol. The van der Waals surface area contributed by atoms with E-state index in [9.17, 15) is 9.59 Å². The first-order chi connectivity index (χ1) is 11.4. The number of hydrogen-bond acceptors (Lipinski definition) is 4. The van der Waals surface area contributed by atoms with Crippen LogP contribution >= 0.6 is 0 Å². The van der Waals surface area contributed by atoms with Gasteiger partial charge in [0.05, 0.1) is 5.92 Å². The standard InChI is InChI=1S/C18H34N4O2/c1-4-20-9-11-21(12-10-20)17(23)13-16-5-7-22(8-6-16)18(24)14(2)15(3)19/h14-16H,4-13,19H2,1-3H3. The van der Waals surface area contributed by atoms with Crippen molar-refractivity contribution in [3.05, 3.63) is 0 Å². The van der Waals surface area contributed by atoms with E-state index in [2.05, 4.69) is 11.8 Å². The zero-order valence-electron chi connectivity index (χ0n) is 15.5. The van der Waals surface area contributed by atoms with Gasteiger partial charge >= 0.3 is 0 Å². The molecule has 2 aliphatic heterocycles. The van der Waals surface area contributed by atoms with Gasteiger partial charge in [-0.05, 0) is 32.2 Å². The van der Waals surface area contributed by atoms with Crippen LogP contribution < -0.4 is 5.73 Å². The van der Waals surface area contributed by atoms with Crippen LogP contribution in [0.2, 0.25) is 0 Å². The molecular formula is C18H34N4O2. The van der Waals surface area contributed by atoms with E-state index in [1.165, 1.54) is 0 Å². The zero-order valence-corrected chi connectivity index (χ0v) is 15.5. The van der Waals surface area contributed by atoms with Gasteiger partial charge in [-0.25, -0.2) is 0 Å². The van der Waals surface area contributed by atoms with E-state index in [0.29, 0.717) is 18.2 Å². The molecule has 0 aromatic rings. The summed E-state index contributed by atoms with van der Waals surface area (Å²) in [7, 11) is 0. The maximum Gasteiger partial charge on any atom is 0.226 e. The summed E-state index contributed by atoms with van der Waals surface area (Å²) in [5, 5.41) is 0. The van der Waals surface area contributed by atoms with E-state index in [4.69, 9.17) is 5.73 Å². The molecule has 2 N–H and O–H groups in total. The minimum Gasteiger partial charge on any atom is -0.342 e. The van der Waals surface area contributed by atoms with Crippen molar-refractivity contribution in [3.8, 4) is 0 Å². The number of piperidine rings is 1. The van der Waals surface area contributed by atoms with Gasteiger partial charge in [-0.1, -0.05) is 13.8 Å². The van der Waals surface area contributed by atoms with E-state index >= 15 is 0 Å². The van der Waals surface area contributed by atoms with Crippen molar-refractivity contribution in [1.29, 1.82) is 0 Å². The van der Waals surface area contributed by atoms with E-state index in [1.807, 2.05) is 23.6 Å². The molecule has 2 rings (SSSR count). The second kappa shape index (κ2) is 8.81. The molecule has 0 radical (unpaired) electrons. The van der Waals surface area contributed by atoms with Gasteiger partial charge in [-0.15, -0.1) is 0 Å². The Labute approximate surface area is 146 Å². The van der Waals surface area contributed by atoms with Gasteiger partial charge in [-0.2, -0.15) is 0 Å². The lowest BCUT2D eigenvalue weighted by atomic mass is 9.91. The highest BCUT2D eigenvalue weighted by Crippen LogP contribution is 2.23. The first-order valence-corrected chi connectivity index (χ1v) is 9.46. The van der Waals surface area contributed by atoms with Crippen LogP contribution in [-0.2, 0) is 9.59 Å². The van der Waals surface area contributed by atoms with Gasteiger partial charge in [0.2, 0.25) is 11.8 Å². The summed E-state index contributed by atoms with van der Waals surface area (Å²) in [4.78, 5) is 31.1. The van der Waals surface area contributed by atoms with Gasteiger partial charge < -0.3 is 20.4 Å². The van der Waals surface area contributed by atoms with Crippen molar-refractivity contribution >= 4 is 11.8 Å².